The molecule has 0 heterocycles. The first kappa shape index (κ1) is 19.8. The quantitative estimate of drug-likeness (QED) is 0.774. The summed E-state index contributed by atoms with van der Waals surface area (Å²) in [6, 6.07) is 15.5. The van der Waals surface area contributed by atoms with Gasteiger partial charge in [0.05, 0.1) is 0 Å². The molecule has 154 valence electrons. The van der Waals surface area contributed by atoms with E-state index in [2.05, 4.69) is 5.32 Å². The van der Waals surface area contributed by atoms with Crippen LogP contribution in [0.1, 0.15) is 42.7 Å². The molecule has 2 N–H and O–H groups in total. The Morgan fingerprint density at radius 1 is 1.03 bits per heavy atom. The molecular formula is C22H22F3NO3. The van der Waals surface area contributed by atoms with Gasteiger partial charge in [-0.2, -0.15) is 13.2 Å². The summed E-state index contributed by atoms with van der Waals surface area (Å²) in [5.74, 6) is -0.0742. The van der Waals surface area contributed by atoms with Crippen LogP contribution < -0.4 is 5.32 Å². The summed E-state index contributed by atoms with van der Waals surface area (Å²) in [7, 11) is 0. The molecule has 2 aromatic rings. The Morgan fingerprint density at radius 2 is 1.55 bits per heavy atom. The number of alkyl halides is 3. The van der Waals surface area contributed by atoms with E-state index in [-0.39, 0.29) is 25.4 Å². The number of carbonyl (C=O) groups excluding carboxylic acids is 1. The molecular weight excluding hydrogens is 383 g/mol. The lowest BCUT2D eigenvalue weighted by atomic mass is 9.82. The number of ether oxygens (including phenoxy) is 1. The van der Waals surface area contributed by atoms with Crippen molar-refractivity contribution in [3.05, 3.63) is 59.7 Å². The van der Waals surface area contributed by atoms with Gasteiger partial charge in [-0.25, -0.2) is 4.79 Å². The van der Waals surface area contributed by atoms with Crippen molar-refractivity contribution in [3.63, 3.8) is 0 Å². The van der Waals surface area contributed by atoms with Crippen LogP contribution in [0.15, 0.2) is 48.5 Å². The van der Waals surface area contributed by atoms with Gasteiger partial charge in [0.2, 0.25) is 0 Å². The Bertz CT molecular complexity index is 859. The average molecular weight is 405 g/mol. The molecule has 0 unspecified atom stereocenters. The summed E-state index contributed by atoms with van der Waals surface area (Å²) in [5, 5.41) is 12.4. The molecule has 0 bridgehead atoms. The van der Waals surface area contributed by atoms with Crippen LogP contribution in [0.2, 0.25) is 0 Å². The summed E-state index contributed by atoms with van der Waals surface area (Å²) < 4.78 is 44.1. The van der Waals surface area contributed by atoms with E-state index < -0.39 is 36.8 Å². The maximum atomic E-state index is 12.9. The Kier molecular flexibility index (Phi) is 5.02. The molecule has 4 rings (SSSR count). The number of aliphatic hydroxyl groups is 1. The lowest BCUT2D eigenvalue weighted by Crippen LogP contribution is -2.51. The van der Waals surface area contributed by atoms with Crippen LogP contribution in [-0.2, 0) is 4.74 Å². The molecule has 0 radical (unpaired) electrons. The number of hydrogen-bond donors (Lipinski definition) is 2. The highest BCUT2D eigenvalue weighted by Crippen LogP contribution is 2.44. The monoisotopic (exact) mass is 405 g/mol. The number of rotatable bonds is 3. The lowest BCUT2D eigenvalue weighted by Gasteiger charge is -2.37. The van der Waals surface area contributed by atoms with Gasteiger partial charge >= 0.3 is 12.3 Å². The largest absolute Gasteiger partial charge is 0.449 e. The van der Waals surface area contributed by atoms with E-state index >= 15 is 0 Å². The van der Waals surface area contributed by atoms with E-state index in [0.29, 0.717) is 0 Å². The van der Waals surface area contributed by atoms with Gasteiger partial charge in [-0.05, 0) is 47.9 Å². The molecule has 1 saturated carbocycles. The van der Waals surface area contributed by atoms with Gasteiger partial charge < -0.3 is 15.2 Å². The number of alkyl carbamates (subject to hydrolysis) is 1. The average Bonchev–Trinajstić information content (AvgIpc) is 3.01. The maximum absolute atomic E-state index is 12.9. The first-order valence-corrected chi connectivity index (χ1v) is 9.69. The molecule has 1 fully saturated rings. The van der Waals surface area contributed by atoms with Crippen LogP contribution >= 0.6 is 0 Å². The van der Waals surface area contributed by atoms with Gasteiger partial charge in [0.25, 0.3) is 0 Å². The molecule has 2 aliphatic rings. The van der Waals surface area contributed by atoms with Crippen molar-refractivity contribution in [1.82, 2.24) is 5.32 Å². The van der Waals surface area contributed by atoms with Crippen LogP contribution in [0.25, 0.3) is 11.1 Å². The highest BCUT2D eigenvalue weighted by atomic mass is 19.4. The van der Waals surface area contributed by atoms with Gasteiger partial charge in [-0.15, -0.1) is 0 Å². The number of fused-ring (bicyclic) bond motifs is 3. The maximum Gasteiger partial charge on any atom is 0.417 e. The second-order valence-corrected chi connectivity index (χ2v) is 7.77. The number of carbonyl (C=O) groups is 1. The molecule has 1 amide bonds. The summed E-state index contributed by atoms with van der Waals surface area (Å²) in [6.45, 7) is 0.152. The molecule has 0 aromatic heterocycles. The normalized spacial score (nSPS) is 23.9. The SMILES string of the molecule is O=C(NC1CCC(O)(C(F)(F)F)CC1)OCC1c2ccccc2-c2ccccc21. The second kappa shape index (κ2) is 7.37. The lowest BCUT2D eigenvalue weighted by molar-refractivity contribution is -0.270. The van der Waals surface area contributed by atoms with Crippen LogP contribution in [0.5, 0.6) is 0 Å². The van der Waals surface area contributed by atoms with Crippen LogP contribution in [-0.4, -0.2) is 35.6 Å². The first-order valence-electron chi connectivity index (χ1n) is 9.69. The predicted molar refractivity (Wildman–Crippen MR) is 101 cm³/mol. The van der Waals surface area contributed by atoms with Crippen LogP contribution in [0, 0.1) is 0 Å². The van der Waals surface area contributed by atoms with Crippen molar-refractivity contribution < 1.29 is 27.8 Å². The number of nitrogens with one attached hydrogen (secondary N) is 1. The standard InChI is InChI=1S/C22H22F3NO3/c23-22(24,25)21(28)11-9-14(10-12-21)26-20(27)29-13-19-17-7-3-1-5-15(17)16-6-2-4-8-18(16)19/h1-8,14,19,28H,9-13H2,(H,26,27). The van der Waals surface area contributed by atoms with Crippen molar-refractivity contribution in [1.29, 1.82) is 0 Å². The number of amides is 1. The number of benzene rings is 2. The molecule has 0 atom stereocenters. The third-order valence-corrected chi connectivity index (χ3v) is 6.01. The topological polar surface area (TPSA) is 58.6 Å². The molecule has 4 nitrogen and oxygen atoms in total. The van der Waals surface area contributed by atoms with Gasteiger partial charge in [0.1, 0.15) is 6.61 Å². The van der Waals surface area contributed by atoms with E-state index in [1.54, 1.807) is 0 Å². The Hall–Kier alpha value is -2.54. The summed E-state index contributed by atoms with van der Waals surface area (Å²) in [5.41, 5.74) is 1.77. The molecule has 2 aliphatic carbocycles. The Labute approximate surface area is 166 Å². The molecule has 0 aliphatic heterocycles. The summed E-state index contributed by atoms with van der Waals surface area (Å²) in [4.78, 5) is 12.2. The van der Waals surface area contributed by atoms with Crippen LogP contribution in [0.3, 0.4) is 0 Å². The van der Waals surface area contributed by atoms with Crippen molar-refractivity contribution in [2.45, 2.75) is 49.4 Å². The number of hydrogen-bond acceptors (Lipinski definition) is 3. The predicted octanol–water partition coefficient (Wildman–Crippen LogP) is 4.76. The van der Waals surface area contributed by atoms with Gasteiger partial charge in [-0.3, -0.25) is 0 Å². The minimum absolute atomic E-state index is 0.0558. The highest BCUT2D eigenvalue weighted by molar-refractivity contribution is 5.79. The fourth-order valence-electron chi connectivity index (χ4n) is 4.33. The van der Waals surface area contributed by atoms with E-state index in [1.807, 2.05) is 48.5 Å². The van der Waals surface area contributed by atoms with Crippen molar-refractivity contribution in [3.8, 4) is 11.1 Å². The van der Waals surface area contributed by atoms with Gasteiger partial charge in [0.15, 0.2) is 5.60 Å². The van der Waals surface area contributed by atoms with Crippen LogP contribution in [0.4, 0.5) is 18.0 Å². The number of halogens is 3. The highest BCUT2D eigenvalue weighted by Gasteiger charge is 2.54. The Morgan fingerprint density at radius 3 is 2.07 bits per heavy atom. The van der Waals surface area contributed by atoms with Crippen molar-refractivity contribution >= 4 is 6.09 Å². The Balaban J connectivity index is 1.35. The summed E-state index contributed by atoms with van der Waals surface area (Å²) >= 11 is 0. The molecule has 0 spiro atoms. The molecule has 7 heteroatoms. The van der Waals surface area contributed by atoms with Gasteiger partial charge in [0, 0.05) is 12.0 Å². The first-order chi connectivity index (χ1) is 13.8. The summed E-state index contributed by atoms with van der Waals surface area (Å²) in [6.07, 6.45) is -6.04. The smallest absolute Gasteiger partial charge is 0.417 e. The zero-order chi connectivity index (χ0) is 20.6. The molecule has 0 saturated heterocycles. The zero-order valence-corrected chi connectivity index (χ0v) is 15.7. The third-order valence-electron chi connectivity index (χ3n) is 6.01. The third kappa shape index (κ3) is 3.71. The van der Waals surface area contributed by atoms with Crippen molar-refractivity contribution in [2.24, 2.45) is 0 Å². The van der Waals surface area contributed by atoms with E-state index in [4.69, 9.17) is 4.74 Å². The van der Waals surface area contributed by atoms with E-state index in [1.165, 1.54) is 0 Å². The molecule has 29 heavy (non-hydrogen) atoms. The fraction of sp³-hybridized carbons (Fsp3) is 0.409. The minimum Gasteiger partial charge on any atom is -0.449 e. The van der Waals surface area contributed by atoms with E-state index in [0.717, 1.165) is 22.3 Å². The molecule has 2 aromatic carbocycles. The zero-order valence-electron chi connectivity index (χ0n) is 15.7. The van der Waals surface area contributed by atoms with Crippen molar-refractivity contribution in [2.75, 3.05) is 6.61 Å². The van der Waals surface area contributed by atoms with E-state index in [9.17, 15) is 23.1 Å². The minimum atomic E-state index is -4.65. The second-order valence-electron chi connectivity index (χ2n) is 7.77. The van der Waals surface area contributed by atoms with Gasteiger partial charge in [-0.1, -0.05) is 48.5 Å². The fourth-order valence-corrected chi connectivity index (χ4v) is 4.33.